The van der Waals surface area contributed by atoms with Crippen molar-refractivity contribution in [2.45, 2.75) is 63.5 Å². The van der Waals surface area contributed by atoms with Gasteiger partial charge in [0.1, 0.15) is 0 Å². The van der Waals surface area contributed by atoms with E-state index < -0.39 is 0 Å². The molecule has 2 N–H and O–H groups in total. The first kappa shape index (κ1) is 11.7. The highest BCUT2D eigenvalue weighted by Gasteiger charge is 2.64. The zero-order chi connectivity index (χ0) is 12.1. The summed E-state index contributed by atoms with van der Waals surface area (Å²) in [5.41, 5.74) is 0. The Balaban J connectivity index is 1.21. The van der Waals surface area contributed by atoms with Crippen molar-refractivity contribution in [2.75, 3.05) is 6.54 Å². The molecule has 102 valence electrons. The Morgan fingerprint density at radius 3 is 2.33 bits per heavy atom. The molecule has 0 aromatic carbocycles. The molecule has 4 rings (SSSR count). The molecule has 2 heteroatoms. The van der Waals surface area contributed by atoms with Crippen LogP contribution in [0.4, 0.5) is 0 Å². The van der Waals surface area contributed by atoms with E-state index in [2.05, 4.69) is 5.32 Å². The maximum atomic E-state index is 10.1. The van der Waals surface area contributed by atoms with Crippen LogP contribution in [0.5, 0.6) is 0 Å². The Morgan fingerprint density at radius 2 is 1.67 bits per heavy atom. The molecular weight excluding hydrogens is 222 g/mol. The lowest BCUT2D eigenvalue weighted by molar-refractivity contribution is 0.138. The molecule has 0 spiro atoms. The van der Waals surface area contributed by atoms with Crippen molar-refractivity contribution in [2.24, 2.45) is 29.6 Å². The van der Waals surface area contributed by atoms with E-state index in [9.17, 15) is 5.11 Å². The van der Waals surface area contributed by atoms with Crippen molar-refractivity contribution >= 4 is 0 Å². The second-order valence-corrected chi connectivity index (χ2v) is 7.46. The van der Waals surface area contributed by atoms with E-state index >= 15 is 0 Å². The monoisotopic (exact) mass is 249 g/mol. The SMILES string of the molecule is OC(CNC1C2C3CCC(C3)C12)CC1CCCC1. The maximum absolute atomic E-state index is 10.1. The minimum atomic E-state index is -0.0907. The van der Waals surface area contributed by atoms with Gasteiger partial charge in [-0.1, -0.05) is 25.7 Å². The minimum Gasteiger partial charge on any atom is -0.392 e. The minimum absolute atomic E-state index is 0.0907. The predicted molar refractivity (Wildman–Crippen MR) is 72.2 cm³/mol. The average Bonchev–Trinajstić information content (AvgIpc) is 2.83. The molecule has 0 aliphatic heterocycles. The van der Waals surface area contributed by atoms with Crippen molar-refractivity contribution in [3.63, 3.8) is 0 Å². The molecule has 0 radical (unpaired) electrons. The number of aliphatic hydroxyl groups excluding tert-OH is 1. The van der Waals surface area contributed by atoms with E-state index in [0.29, 0.717) is 0 Å². The van der Waals surface area contributed by atoms with Gasteiger partial charge in [0.05, 0.1) is 6.10 Å². The average molecular weight is 249 g/mol. The fraction of sp³-hybridized carbons (Fsp3) is 1.00. The van der Waals surface area contributed by atoms with E-state index in [4.69, 9.17) is 0 Å². The van der Waals surface area contributed by atoms with Gasteiger partial charge in [-0.2, -0.15) is 0 Å². The van der Waals surface area contributed by atoms with Gasteiger partial charge in [0.15, 0.2) is 0 Å². The molecule has 18 heavy (non-hydrogen) atoms. The van der Waals surface area contributed by atoms with Gasteiger partial charge in [-0.3, -0.25) is 0 Å². The number of nitrogens with one attached hydrogen (secondary N) is 1. The van der Waals surface area contributed by atoms with E-state index in [-0.39, 0.29) is 6.10 Å². The van der Waals surface area contributed by atoms with E-state index in [0.717, 1.165) is 48.6 Å². The molecule has 4 saturated carbocycles. The van der Waals surface area contributed by atoms with Crippen LogP contribution in [0, 0.1) is 29.6 Å². The number of aliphatic hydroxyl groups is 1. The van der Waals surface area contributed by atoms with Crippen LogP contribution in [-0.2, 0) is 0 Å². The third-order valence-electron chi connectivity index (χ3n) is 6.40. The highest BCUT2D eigenvalue weighted by atomic mass is 16.3. The number of rotatable bonds is 5. The Labute approximate surface area is 111 Å². The van der Waals surface area contributed by atoms with Crippen LogP contribution in [0.15, 0.2) is 0 Å². The van der Waals surface area contributed by atoms with Crippen LogP contribution in [-0.4, -0.2) is 23.8 Å². The molecule has 0 aromatic rings. The predicted octanol–water partition coefficient (Wildman–Crippen LogP) is 2.56. The first-order chi connectivity index (χ1) is 8.83. The van der Waals surface area contributed by atoms with Gasteiger partial charge in [0, 0.05) is 12.6 Å². The van der Waals surface area contributed by atoms with Crippen LogP contribution in [0.25, 0.3) is 0 Å². The van der Waals surface area contributed by atoms with E-state index in [1.807, 2.05) is 0 Å². The van der Waals surface area contributed by atoms with Gasteiger partial charge in [0.2, 0.25) is 0 Å². The lowest BCUT2D eigenvalue weighted by atomic mass is 10.00. The lowest BCUT2D eigenvalue weighted by Crippen LogP contribution is -2.32. The highest BCUT2D eigenvalue weighted by molar-refractivity contribution is 5.16. The molecule has 0 saturated heterocycles. The number of fused-ring (bicyclic) bond motifs is 5. The van der Waals surface area contributed by atoms with E-state index in [1.54, 1.807) is 0 Å². The standard InChI is InChI=1S/C16H27NO/c18-13(7-10-3-1-2-4-10)9-17-16-14-11-5-6-12(8-11)15(14)16/h10-18H,1-9H2. The zero-order valence-electron chi connectivity index (χ0n) is 11.4. The van der Waals surface area contributed by atoms with Gasteiger partial charge < -0.3 is 10.4 Å². The van der Waals surface area contributed by atoms with Gasteiger partial charge in [0.25, 0.3) is 0 Å². The van der Waals surface area contributed by atoms with Crippen molar-refractivity contribution in [1.82, 2.24) is 5.32 Å². The molecule has 4 aliphatic rings. The second-order valence-electron chi connectivity index (χ2n) is 7.46. The number of hydrogen-bond acceptors (Lipinski definition) is 2. The summed E-state index contributed by atoms with van der Waals surface area (Å²) in [5, 5.41) is 13.8. The van der Waals surface area contributed by atoms with Crippen molar-refractivity contribution in [3.8, 4) is 0 Å². The Bertz CT molecular complexity index is 296. The van der Waals surface area contributed by atoms with Gasteiger partial charge in [-0.15, -0.1) is 0 Å². The third kappa shape index (κ3) is 1.92. The highest BCUT2D eigenvalue weighted by Crippen LogP contribution is 2.65. The molecule has 2 nitrogen and oxygen atoms in total. The molecule has 4 fully saturated rings. The fourth-order valence-corrected chi connectivity index (χ4v) is 5.58. The fourth-order valence-electron chi connectivity index (χ4n) is 5.58. The summed E-state index contributed by atoms with van der Waals surface area (Å²) in [7, 11) is 0. The quantitative estimate of drug-likeness (QED) is 0.785. The summed E-state index contributed by atoms with van der Waals surface area (Å²) < 4.78 is 0. The largest absolute Gasteiger partial charge is 0.392 e. The first-order valence-corrected chi connectivity index (χ1v) is 8.24. The topological polar surface area (TPSA) is 32.3 Å². The van der Waals surface area contributed by atoms with Crippen molar-refractivity contribution in [1.29, 1.82) is 0 Å². The van der Waals surface area contributed by atoms with Gasteiger partial charge in [-0.25, -0.2) is 0 Å². The van der Waals surface area contributed by atoms with Crippen molar-refractivity contribution in [3.05, 3.63) is 0 Å². The van der Waals surface area contributed by atoms with Gasteiger partial charge >= 0.3 is 0 Å². The molecule has 4 aliphatic carbocycles. The summed E-state index contributed by atoms with van der Waals surface area (Å²) in [5.74, 6) is 4.91. The van der Waals surface area contributed by atoms with Crippen molar-refractivity contribution < 1.29 is 5.11 Å². The third-order valence-corrected chi connectivity index (χ3v) is 6.40. The maximum Gasteiger partial charge on any atom is 0.0667 e. The summed E-state index contributed by atoms with van der Waals surface area (Å²) in [6.07, 6.45) is 11.0. The van der Waals surface area contributed by atoms with Crippen LogP contribution in [0.2, 0.25) is 0 Å². The van der Waals surface area contributed by atoms with E-state index in [1.165, 1.54) is 44.9 Å². The van der Waals surface area contributed by atoms with Crippen LogP contribution < -0.4 is 5.32 Å². The van der Waals surface area contributed by atoms with Crippen LogP contribution in [0.3, 0.4) is 0 Å². The molecule has 5 unspecified atom stereocenters. The molecule has 0 amide bonds. The zero-order valence-corrected chi connectivity index (χ0v) is 11.4. The lowest BCUT2D eigenvalue weighted by Gasteiger charge is -2.17. The Morgan fingerprint density at radius 1 is 1.00 bits per heavy atom. The summed E-state index contributed by atoms with van der Waals surface area (Å²) in [6.45, 7) is 0.855. The normalized spacial score (nSPS) is 47.5. The second kappa shape index (κ2) is 4.49. The summed E-state index contributed by atoms with van der Waals surface area (Å²) >= 11 is 0. The van der Waals surface area contributed by atoms with Gasteiger partial charge in [-0.05, 0) is 55.3 Å². The smallest absolute Gasteiger partial charge is 0.0667 e. The molecule has 0 aromatic heterocycles. The summed E-state index contributed by atoms with van der Waals surface area (Å²) in [4.78, 5) is 0. The Hall–Kier alpha value is -0.0800. The van der Waals surface area contributed by atoms with Crippen LogP contribution in [0.1, 0.15) is 51.4 Å². The summed E-state index contributed by atoms with van der Waals surface area (Å²) in [6, 6.07) is 0.787. The molecule has 5 atom stereocenters. The number of hydrogen-bond donors (Lipinski definition) is 2. The Kier molecular flexibility index (Phi) is 2.92. The molecule has 0 heterocycles. The molecular formula is C16H27NO. The van der Waals surface area contributed by atoms with Crippen LogP contribution >= 0.6 is 0 Å². The first-order valence-electron chi connectivity index (χ1n) is 8.24. The molecule has 2 bridgehead atoms.